The number of halogens is 2. The van der Waals surface area contributed by atoms with Crippen LogP contribution in [0, 0.1) is 5.82 Å². The number of carbonyl (C=O) groups is 2. The Morgan fingerprint density at radius 3 is 2.65 bits per heavy atom. The van der Waals surface area contributed by atoms with Crippen LogP contribution >= 0.6 is 11.6 Å². The summed E-state index contributed by atoms with van der Waals surface area (Å²) in [6, 6.07) is 11.1. The normalized spacial score (nSPS) is 10.6. The van der Waals surface area contributed by atoms with Crippen LogP contribution in [-0.2, 0) is 9.59 Å². The Morgan fingerprint density at radius 1 is 1.15 bits per heavy atom. The Bertz CT molecular complexity index is 827. The predicted molar refractivity (Wildman–Crippen MR) is 100 cm³/mol. The highest BCUT2D eigenvalue weighted by atomic mass is 35.5. The zero-order chi connectivity index (χ0) is 18.9. The Labute approximate surface area is 155 Å². The summed E-state index contributed by atoms with van der Waals surface area (Å²) >= 11 is 5.99. The topological polar surface area (TPSA) is 82.6 Å². The Morgan fingerprint density at radius 2 is 1.92 bits per heavy atom. The van der Waals surface area contributed by atoms with Gasteiger partial charge in [0, 0.05) is 22.8 Å². The number of amides is 2. The number of rotatable bonds is 6. The first-order chi connectivity index (χ1) is 12.5. The van der Waals surface area contributed by atoms with Crippen molar-refractivity contribution in [3.63, 3.8) is 0 Å². The van der Waals surface area contributed by atoms with Crippen LogP contribution < -0.4 is 16.1 Å². The molecule has 0 unspecified atom stereocenters. The van der Waals surface area contributed by atoms with E-state index in [0.717, 1.165) is 6.42 Å². The molecule has 0 atom stereocenters. The summed E-state index contributed by atoms with van der Waals surface area (Å²) in [7, 11) is 0. The van der Waals surface area contributed by atoms with E-state index in [4.69, 9.17) is 11.6 Å². The number of hydrazone groups is 1. The third kappa shape index (κ3) is 5.56. The molecule has 2 aromatic rings. The molecule has 2 amide bonds. The number of hydrogen-bond acceptors (Lipinski definition) is 4. The van der Waals surface area contributed by atoms with Gasteiger partial charge in [-0.2, -0.15) is 5.10 Å². The highest BCUT2D eigenvalue weighted by molar-refractivity contribution is 6.35. The predicted octanol–water partition coefficient (Wildman–Crippen LogP) is 3.20. The van der Waals surface area contributed by atoms with E-state index in [2.05, 4.69) is 21.2 Å². The van der Waals surface area contributed by atoms with Gasteiger partial charge in [-0.25, -0.2) is 9.82 Å². The van der Waals surface area contributed by atoms with Crippen molar-refractivity contribution < 1.29 is 14.0 Å². The SMILES string of the molecule is CCCNC(=O)C(=O)N/N=C\c1cc(Cl)ccc1Nc1ccccc1F. The lowest BCUT2D eigenvalue weighted by Crippen LogP contribution is -2.38. The van der Waals surface area contributed by atoms with Crippen LogP contribution in [0.25, 0.3) is 0 Å². The molecule has 0 heterocycles. The number of hydrogen-bond donors (Lipinski definition) is 3. The molecular formula is C18H18ClFN4O2. The fraction of sp³-hybridized carbons (Fsp3) is 0.167. The molecule has 0 fully saturated rings. The molecule has 6 nitrogen and oxygen atoms in total. The van der Waals surface area contributed by atoms with Crippen LogP contribution in [-0.4, -0.2) is 24.6 Å². The molecule has 0 aromatic heterocycles. The molecule has 0 saturated carbocycles. The smallest absolute Gasteiger partial charge is 0.329 e. The molecule has 26 heavy (non-hydrogen) atoms. The number of anilines is 2. The minimum absolute atomic E-state index is 0.285. The second-order valence-electron chi connectivity index (χ2n) is 5.29. The van der Waals surface area contributed by atoms with Crippen molar-refractivity contribution in [3.05, 3.63) is 58.9 Å². The number of benzene rings is 2. The lowest BCUT2D eigenvalue weighted by molar-refractivity contribution is -0.139. The number of nitrogens with one attached hydrogen (secondary N) is 3. The molecule has 0 aliphatic carbocycles. The van der Waals surface area contributed by atoms with Gasteiger partial charge in [-0.1, -0.05) is 30.7 Å². The number of nitrogens with zero attached hydrogens (tertiary/aromatic N) is 1. The largest absolute Gasteiger partial charge is 0.353 e. The lowest BCUT2D eigenvalue weighted by atomic mass is 10.2. The van der Waals surface area contributed by atoms with Gasteiger partial charge >= 0.3 is 11.8 Å². The van der Waals surface area contributed by atoms with Gasteiger partial charge in [-0.05, 0) is 36.8 Å². The monoisotopic (exact) mass is 376 g/mol. The first kappa shape index (κ1) is 19.4. The molecule has 0 radical (unpaired) electrons. The van der Waals surface area contributed by atoms with E-state index in [0.29, 0.717) is 22.8 Å². The summed E-state index contributed by atoms with van der Waals surface area (Å²) in [5, 5.41) is 9.58. The summed E-state index contributed by atoms with van der Waals surface area (Å²) in [6.07, 6.45) is 2.04. The molecule has 136 valence electrons. The van der Waals surface area contributed by atoms with E-state index in [1.807, 2.05) is 6.92 Å². The second kappa shape index (κ2) is 9.53. The van der Waals surface area contributed by atoms with Gasteiger partial charge in [0.2, 0.25) is 0 Å². The standard InChI is InChI=1S/C18H18ClFN4O2/c1-2-9-21-17(25)18(26)24-22-11-12-10-13(19)7-8-15(12)23-16-6-4-3-5-14(16)20/h3-8,10-11,23H,2,9H2,1H3,(H,21,25)(H,24,26)/b22-11-. The third-order valence-electron chi connectivity index (χ3n) is 3.27. The van der Waals surface area contributed by atoms with Crippen LogP contribution in [0.4, 0.5) is 15.8 Å². The maximum atomic E-state index is 13.8. The van der Waals surface area contributed by atoms with E-state index < -0.39 is 17.6 Å². The van der Waals surface area contributed by atoms with E-state index in [9.17, 15) is 14.0 Å². The lowest BCUT2D eigenvalue weighted by Gasteiger charge is -2.10. The summed E-state index contributed by atoms with van der Waals surface area (Å²) in [6.45, 7) is 2.28. The van der Waals surface area contributed by atoms with Gasteiger partial charge in [0.05, 0.1) is 11.9 Å². The van der Waals surface area contributed by atoms with Gasteiger partial charge < -0.3 is 10.6 Å². The summed E-state index contributed by atoms with van der Waals surface area (Å²) < 4.78 is 13.8. The Kier molecular flexibility index (Phi) is 7.11. The highest BCUT2D eigenvalue weighted by Crippen LogP contribution is 2.24. The van der Waals surface area contributed by atoms with Gasteiger partial charge in [-0.15, -0.1) is 0 Å². The molecule has 0 aliphatic heterocycles. The summed E-state index contributed by atoms with van der Waals surface area (Å²) in [5.41, 5.74) is 3.46. The van der Waals surface area contributed by atoms with Gasteiger partial charge in [-0.3, -0.25) is 9.59 Å². The number of carbonyl (C=O) groups excluding carboxylic acids is 2. The third-order valence-corrected chi connectivity index (χ3v) is 3.50. The van der Waals surface area contributed by atoms with Crippen molar-refractivity contribution in [2.45, 2.75) is 13.3 Å². The molecule has 2 aromatic carbocycles. The van der Waals surface area contributed by atoms with E-state index in [1.165, 1.54) is 12.3 Å². The zero-order valence-electron chi connectivity index (χ0n) is 14.1. The maximum absolute atomic E-state index is 13.8. The molecule has 0 aliphatic rings. The molecule has 0 saturated heterocycles. The van der Waals surface area contributed by atoms with Crippen molar-refractivity contribution in [1.82, 2.24) is 10.7 Å². The average molecular weight is 377 g/mol. The molecular weight excluding hydrogens is 359 g/mol. The molecule has 3 N–H and O–H groups in total. The van der Waals surface area contributed by atoms with Crippen LogP contribution in [0.3, 0.4) is 0 Å². The van der Waals surface area contributed by atoms with Crippen molar-refractivity contribution in [1.29, 1.82) is 0 Å². The van der Waals surface area contributed by atoms with Crippen molar-refractivity contribution >= 4 is 41.0 Å². The number of para-hydroxylation sites is 1. The van der Waals surface area contributed by atoms with Crippen LogP contribution in [0.5, 0.6) is 0 Å². The molecule has 8 heteroatoms. The highest BCUT2D eigenvalue weighted by Gasteiger charge is 2.11. The summed E-state index contributed by atoms with van der Waals surface area (Å²) in [5.74, 6) is -2.05. The van der Waals surface area contributed by atoms with Crippen LogP contribution in [0.15, 0.2) is 47.6 Å². The van der Waals surface area contributed by atoms with E-state index in [1.54, 1.807) is 36.4 Å². The molecule has 0 spiro atoms. The van der Waals surface area contributed by atoms with Crippen molar-refractivity contribution in [2.75, 3.05) is 11.9 Å². The van der Waals surface area contributed by atoms with Crippen molar-refractivity contribution in [3.8, 4) is 0 Å². The fourth-order valence-electron chi connectivity index (χ4n) is 1.99. The van der Waals surface area contributed by atoms with Crippen LogP contribution in [0.1, 0.15) is 18.9 Å². The van der Waals surface area contributed by atoms with E-state index >= 15 is 0 Å². The van der Waals surface area contributed by atoms with Gasteiger partial charge in [0.1, 0.15) is 5.82 Å². The zero-order valence-corrected chi connectivity index (χ0v) is 14.8. The van der Waals surface area contributed by atoms with Gasteiger partial charge in [0.15, 0.2) is 0 Å². The average Bonchev–Trinajstić information content (AvgIpc) is 2.63. The quantitative estimate of drug-likeness (QED) is 0.411. The minimum atomic E-state index is -0.875. The second-order valence-corrected chi connectivity index (χ2v) is 5.73. The van der Waals surface area contributed by atoms with Crippen molar-refractivity contribution in [2.24, 2.45) is 5.10 Å². The first-order valence-corrected chi connectivity index (χ1v) is 8.31. The Balaban J connectivity index is 2.11. The summed E-state index contributed by atoms with van der Waals surface area (Å²) in [4.78, 5) is 23.1. The van der Waals surface area contributed by atoms with Gasteiger partial charge in [0.25, 0.3) is 0 Å². The fourth-order valence-corrected chi connectivity index (χ4v) is 2.17. The Hall–Kier alpha value is -2.93. The van der Waals surface area contributed by atoms with Crippen LogP contribution in [0.2, 0.25) is 5.02 Å². The van der Waals surface area contributed by atoms with E-state index in [-0.39, 0.29) is 5.69 Å². The molecule has 2 rings (SSSR count). The maximum Gasteiger partial charge on any atom is 0.329 e. The minimum Gasteiger partial charge on any atom is -0.353 e. The molecule has 0 bridgehead atoms. The first-order valence-electron chi connectivity index (χ1n) is 7.93.